The summed E-state index contributed by atoms with van der Waals surface area (Å²) in [6.07, 6.45) is 3.89. The number of Topliss-reactive ketones (excluding diaryl/α,β-unsaturated/α-hetero) is 1. The molecule has 0 saturated carbocycles. The van der Waals surface area contributed by atoms with E-state index in [2.05, 4.69) is 49.2 Å². The van der Waals surface area contributed by atoms with Crippen LogP contribution < -0.4 is 5.32 Å². The molecule has 0 bridgehead atoms. The van der Waals surface area contributed by atoms with Gasteiger partial charge in [-0.3, -0.25) is 9.59 Å². The van der Waals surface area contributed by atoms with E-state index < -0.39 is 0 Å². The van der Waals surface area contributed by atoms with E-state index in [1.165, 1.54) is 5.56 Å². The van der Waals surface area contributed by atoms with Crippen molar-refractivity contribution < 1.29 is 19.1 Å². The first-order valence-corrected chi connectivity index (χ1v) is 14.4. The van der Waals surface area contributed by atoms with Gasteiger partial charge in [-0.15, -0.1) is 0 Å². The van der Waals surface area contributed by atoms with Crippen molar-refractivity contribution in [2.45, 2.75) is 86.0 Å². The number of benzene rings is 2. The fourth-order valence-electron chi connectivity index (χ4n) is 4.40. The molecule has 0 aliphatic rings. The maximum absolute atomic E-state index is 12.6. The summed E-state index contributed by atoms with van der Waals surface area (Å²) in [5.74, 6) is 6.85. The van der Waals surface area contributed by atoms with Crippen LogP contribution in [0, 0.1) is 22.7 Å². The fourth-order valence-corrected chi connectivity index (χ4v) is 4.40. The highest BCUT2D eigenvalue weighted by molar-refractivity contribution is 5.85. The van der Waals surface area contributed by atoms with Crippen molar-refractivity contribution in [3.63, 3.8) is 0 Å². The Hall–Kier alpha value is -3.23. The molecule has 0 saturated heterocycles. The number of ketones is 1. The third kappa shape index (κ3) is 11.9. The van der Waals surface area contributed by atoms with Crippen LogP contribution in [-0.2, 0) is 25.5 Å². The number of carbonyl (C=O) groups is 3. The van der Waals surface area contributed by atoms with Crippen LogP contribution in [0.5, 0.6) is 0 Å². The highest BCUT2D eigenvalue weighted by atomic mass is 16.5. The zero-order chi connectivity index (χ0) is 29.6. The largest absolute Gasteiger partial charge is 0.380 e. The molecule has 0 aliphatic heterocycles. The molecule has 2 aromatic rings. The van der Waals surface area contributed by atoms with E-state index in [9.17, 15) is 14.4 Å². The molecule has 0 heterocycles. The minimum absolute atomic E-state index is 0.0995. The van der Waals surface area contributed by atoms with Gasteiger partial charge in [-0.25, -0.2) is 0 Å². The van der Waals surface area contributed by atoms with Gasteiger partial charge >= 0.3 is 0 Å². The zero-order valence-corrected chi connectivity index (χ0v) is 25.3. The number of aryl methyl sites for hydroxylation is 1. The molecule has 1 N–H and O–H groups in total. The SMILES string of the molecule is CCc1ccccc1C#Cc1ccccc1C(C)CCC(=O)CCC(=O)NCC(C)(C)COCC(C)(C)CC=O. The van der Waals surface area contributed by atoms with Crippen LogP contribution in [0.3, 0.4) is 0 Å². The van der Waals surface area contributed by atoms with Crippen molar-refractivity contribution >= 4 is 18.0 Å². The Morgan fingerprint density at radius 2 is 1.52 bits per heavy atom. The Labute approximate surface area is 241 Å². The third-order valence-corrected chi connectivity index (χ3v) is 7.09. The van der Waals surface area contributed by atoms with Crippen LogP contribution in [0.25, 0.3) is 0 Å². The van der Waals surface area contributed by atoms with E-state index in [1.807, 2.05) is 58.0 Å². The van der Waals surface area contributed by atoms with Gasteiger partial charge in [0, 0.05) is 48.8 Å². The van der Waals surface area contributed by atoms with Crippen LogP contribution >= 0.6 is 0 Å². The van der Waals surface area contributed by atoms with E-state index in [1.54, 1.807) is 0 Å². The van der Waals surface area contributed by atoms with Crippen molar-refractivity contribution in [3.05, 3.63) is 70.8 Å². The molecule has 0 aromatic heterocycles. The summed E-state index contributed by atoms with van der Waals surface area (Å²) in [5, 5.41) is 2.94. The van der Waals surface area contributed by atoms with E-state index in [0.717, 1.165) is 35.8 Å². The van der Waals surface area contributed by atoms with Crippen molar-refractivity contribution in [3.8, 4) is 11.8 Å². The lowest BCUT2D eigenvalue weighted by molar-refractivity contribution is -0.126. The number of ether oxygens (including phenoxy) is 1. The molecule has 5 heteroatoms. The van der Waals surface area contributed by atoms with Crippen molar-refractivity contribution in [2.24, 2.45) is 10.8 Å². The second kappa shape index (κ2) is 16.1. The van der Waals surface area contributed by atoms with Crippen LogP contribution in [0.15, 0.2) is 48.5 Å². The average molecular weight is 546 g/mol. The van der Waals surface area contributed by atoms with Gasteiger partial charge in [0.1, 0.15) is 12.1 Å². The van der Waals surface area contributed by atoms with Gasteiger partial charge in [0.05, 0.1) is 13.2 Å². The Morgan fingerprint density at radius 1 is 0.900 bits per heavy atom. The highest BCUT2D eigenvalue weighted by Gasteiger charge is 2.23. The Balaban J connectivity index is 1.79. The van der Waals surface area contributed by atoms with E-state index >= 15 is 0 Å². The summed E-state index contributed by atoms with van der Waals surface area (Å²) in [6, 6.07) is 16.4. The molecular formula is C35H47NO4. The lowest BCUT2D eigenvalue weighted by Gasteiger charge is -2.28. The normalized spacial score (nSPS) is 12.2. The minimum atomic E-state index is -0.249. The molecule has 216 valence electrons. The molecule has 1 atom stereocenters. The molecule has 1 unspecified atom stereocenters. The standard InChI is InChI=1S/C35H47NO4/c1-7-28-12-8-9-13-29(28)17-18-30-14-10-11-15-32(30)27(2)16-19-31(38)20-21-33(39)36-24-35(5,6)26-40-25-34(3,4)22-23-37/h8-15,23,27H,7,16,19-22,24-26H2,1-6H3,(H,36,39). The maximum atomic E-state index is 12.6. The van der Waals surface area contributed by atoms with Crippen molar-refractivity contribution in [1.82, 2.24) is 5.32 Å². The average Bonchev–Trinajstić information content (AvgIpc) is 2.92. The van der Waals surface area contributed by atoms with Crippen LogP contribution in [-0.4, -0.2) is 37.7 Å². The third-order valence-electron chi connectivity index (χ3n) is 7.09. The van der Waals surface area contributed by atoms with Gasteiger partial charge in [0.25, 0.3) is 0 Å². The summed E-state index contributed by atoms with van der Waals surface area (Å²) in [4.78, 5) is 35.8. The fraction of sp³-hybridized carbons (Fsp3) is 0.514. The van der Waals surface area contributed by atoms with E-state index in [4.69, 9.17) is 4.74 Å². The number of hydrogen-bond donors (Lipinski definition) is 1. The van der Waals surface area contributed by atoms with Gasteiger partial charge < -0.3 is 14.8 Å². The lowest BCUT2D eigenvalue weighted by Crippen LogP contribution is -2.37. The molecule has 0 radical (unpaired) electrons. The Bertz CT molecular complexity index is 1190. The van der Waals surface area contributed by atoms with Crippen LogP contribution in [0.1, 0.15) is 102 Å². The summed E-state index contributed by atoms with van der Waals surface area (Å²) in [7, 11) is 0. The summed E-state index contributed by atoms with van der Waals surface area (Å²) in [5.41, 5.74) is 3.98. The number of hydrogen-bond acceptors (Lipinski definition) is 4. The van der Waals surface area contributed by atoms with Crippen LogP contribution in [0.2, 0.25) is 0 Å². The van der Waals surface area contributed by atoms with Gasteiger partial charge in [-0.1, -0.05) is 89.8 Å². The predicted molar refractivity (Wildman–Crippen MR) is 162 cm³/mol. The topological polar surface area (TPSA) is 72.5 Å². The van der Waals surface area contributed by atoms with Gasteiger partial charge in [-0.2, -0.15) is 0 Å². The molecular weight excluding hydrogens is 498 g/mol. The Morgan fingerprint density at radius 3 is 2.23 bits per heavy atom. The van der Waals surface area contributed by atoms with Crippen molar-refractivity contribution in [2.75, 3.05) is 19.8 Å². The second-order valence-electron chi connectivity index (χ2n) is 12.3. The molecule has 0 fully saturated rings. The molecule has 2 rings (SSSR count). The van der Waals surface area contributed by atoms with Gasteiger partial charge in [-0.05, 0) is 47.4 Å². The number of nitrogens with one attached hydrogen (secondary N) is 1. The van der Waals surface area contributed by atoms with Crippen LogP contribution in [0.4, 0.5) is 0 Å². The number of aldehydes is 1. The first-order valence-electron chi connectivity index (χ1n) is 14.4. The molecule has 1 amide bonds. The Kier molecular flexibility index (Phi) is 13.3. The molecule has 40 heavy (non-hydrogen) atoms. The van der Waals surface area contributed by atoms with Gasteiger partial charge in [0.2, 0.25) is 5.91 Å². The maximum Gasteiger partial charge on any atom is 0.220 e. The molecule has 0 aliphatic carbocycles. The predicted octanol–water partition coefficient (Wildman–Crippen LogP) is 6.66. The summed E-state index contributed by atoms with van der Waals surface area (Å²) in [6.45, 7) is 13.7. The zero-order valence-electron chi connectivity index (χ0n) is 25.3. The highest BCUT2D eigenvalue weighted by Crippen LogP contribution is 2.25. The van der Waals surface area contributed by atoms with E-state index in [0.29, 0.717) is 32.6 Å². The number of rotatable bonds is 16. The first-order chi connectivity index (χ1) is 19.0. The smallest absolute Gasteiger partial charge is 0.220 e. The summed E-state index contributed by atoms with van der Waals surface area (Å²) < 4.78 is 5.82. The quantitative estimate of drug-likeness (QED) is 0.189. The van der Waals surface area contributed by atoms with E-state index in [-0.39, 0.29) is 41.3 Å². The molecule has 0 spiro atoms. The van der Waals surface area contributed by atoms with Gasteiger partial charge in [0.15, 0.2) is 0 Å². The minimum Gasteiger partial charge on any atom is -0.380 e. The monoisotopic (exact) mass is 545 g/mol. The van der Waals surface area contributed by atoms with Crippen molar-refractivity contribution in [1.29, 1.82) is 0 Å². The second-order valence-corrected chi connectivity index (χ2v) is 12.3. The number of amides is 1. The summed E-state index contributed by atoms with van der Waals surface area (Å²) >= 11 is 0. The number of carbonyl (C=O) groups excluding carboxylic acids is 3. The lowest BCUT2D eigenvalue weighted by atomic mass is 9.90. The molecule has 5 nitrogen and oxygen atoms in total. The first kappa shape index (κ1) is 33.0. The molecule has 2 aromatic carbocycles.